The average Bonchev–Trinajstić information content (AvgIpc) is 2.69. The molecule has 3 rings (SSSR count). The minimum Gasteiger partial charge on any atom is -0.486 e. The number of halogens is 2. The lowest BCUT2D eigenvalue weighted by Gasteiger charge is -2.11. The lowest BCUT2D eigenvalue weighted by atomic mass is 9.96. The first-order chi connectivity index (χ1) is 13.5. The van der Waals surface area contributed by atoms with Gasteiger partial charge in [-0.3, -0.25) is 4.79 Å². The van der Waals surface area contributed by atoms with Gasteiger partial charge in [-0.2, -0.15) is 14.9 Å². The fraction of sp³-hybridized carbons (Fsp3) is 0.0500. The Labute approximate surface area is 158 Å². The topological polar surface area (TPSA) is 116 Å². The Morgan fingerprint density at radius 3 is 2.36 bits per heavy atom. The Hall–Kier alpha value is -4.17. The van der Waals surface area contributed by atoms with Gasteiger partial charge in [0.25, 0.3) is 5.56 Å². The first-order valence-corrected chi connectivity index (χ1v) is 7.98. The van der Waals surface area contributed by atoms with E-state index in [9.17, 15) is 24.1 Å². The number of nitrogen functional groups attached to an aromatic ring is 1. The molecular formula is C20H12F2N4O2. The second-order valence-corrected chi connectivity index (χ2v) is 5.75. The van der Waals surface area contributed by atoms with Crippen molar-refractivity contribution in [3.05, 3.63) is 81.1 Å². The van der Waals surface area contributed by atoms with Gasteiger partial charge in [0, 0.05) is 5.56 Å². The number of pyridine rings is 1. The van der Waals surface area contributed by atoms with Crippen LogP contribution >= 0.6 is 0 Å². The van der Waals surface area contributed by atoms with E-state index in [0.29, 0.717) is 11.1 Å². The molecule has 2 aromatic carbocycles. The molecule has 3 aromatic rings. The molecule has 0 saturated carbocycles. The Balaban J connectivity index is 1.92. The fourth-order valence-electron chi connectivity index (χ4n) is 2.66. The van der Waals surface area contributed by atoms with Crippen LogP contribution in [0.15, 0.2) is 47.3 Å². The molecule has 0 aliphatic heterocycles. The number of nitrogens with one attached hydrogen (secondary N) is 1. The fourth-order valence-corrected chi connectivity index (χ4v) is 2.66. The van der Waals surface area contributed by atoms with Gasteiger partial charge in [0.2, 0.25) is 5.82 Å². The minimum absolute atomic E-state index is 0.0121. The van der Waals surface area contributed by atoms with Crippen molar-refractivity contribution in [1.82, 2.24) is 4.98 Å². The molecule has 0 aliphatic carbocycles. The number of nitrogens with two attached hydrogens (primary N) is 1. The van der Waals surface area contributed by atoms with Gasteiger partial charge in [-0.25, -0.2) is 4.39 Å². The lowest BCUT2D eigenvalue weighted by Crippen LogP contribution is -2.16. The van der Waals surface area contributed by atoms with E-state index >= 15 is 0 Å². The van der Waals surface area contributed by atoms with Crippen LogP contribution in [0.4, 0.5) is 14.6 Å². The van der Waals surface area contributed by atoms with E-state index in [-0.39, 0.29) is 34.9 Å². The Bertz CT molecular complexity index is 1190. The maximum Gasteiger partial charge on any atom is 0.268 e. The van der Waals surface area contributed by atoms with Gasteiger partial charge in [0.15, 0.2) is 11.6 Å². The molecule has 6 nitrogen and oxygen atoms in total. The summed E-state index contributed by atoms with van der Waals surface area (Å²) in [6.45, 7) is -0.0334. The van der Waals surface area contributed by atoms with Gasteiger partial charge in [-0.05, 0) is 23.3 Å². The molecule has 28 heavy (non-hydrogen) atoms. The molecule has 0 bridgehead atoms. The molecule has 0 spiro atoms. The maximum absolute atomic E-state index is 13.6. The average molecular weight is 378 g/mol. The SMILES string of the molecule is N#Cc1c(N)[nH]c(=O)c(C#N)c1-c1ccc(COc2cccc(F)c2F)cc1. The Morgan fingerprint density at radius 1 is 1.04 bits per heavy atom. The third kappa shape index (κ3) is 3.39. The van der Waals surface area contributed by atoms with Gasteiger partial charge in [0.05, 0.1) is 0 Å². The summed E-state index contributed by atoms with van der Waals surface area (Å²) in [6, 6.07) is 13.7. The van der Waals surface area contributed by atoms with Gasteiger partial charge in [-0.1, -0.05) is 30.3 Å². The number of hydrogen-bond acceptors (Lipinski definition) is 5. The van der Waals surface area contributed by atoms with E-state index < -0.39 is 17.2 Å². The zero-order valence-corrected chi connectivity index (χ0v) is 14.3. The highest BCUT2D eigenvalue weighted by atomic mass is 19.2. The van der Waals surface area contributed by atoms with Crippen molar-refractivity contribution in [2.24, 2.45) is 0 Å². The quantitative estimate of drug-likeness (QED) is 0.723. The van der Waals surface area contributed by atoms with Crippen molar-refractivity contribution >= 4 is 5.82 Å². The predicted octanol–water partition coefficient (Wildman–Crippen LogP) is 3.22. The van der Waals surface area contributed by atoms with Gasteiger partial charge >= 0.3 is 0 Å². The predicted molar refractivity (Wildman–Crippen MR) is 97.0 cm³/mol. The van der Waals surface area contributed by atoms with Crippen molar-refractivity contribution in [2.45, 2.75) is 6.61 Å². The van der Waals surface area contributed by atoms with Crippen molar-refractivity contribution in [2.75, 3.05) is 5.73 Å². The van der Waals surface area contributed by atoms with Crippen molar-refractivity contribution < 1.29 is 13.5 Å². The van der Waals surface area contributed by atoms with E-state index in [1.54, 1.807) is 30.3 Å². The van der Waals surface area contributed by atoms with E-state index in [4.69, 9.17) is 10.5 Å². The summed E-state index contributed by atoms with van der Waals surface area (Å²) in [5, 5.41) is 18.6. The second kappa shape index (κ2) is 7.60. The molecule has 0 unspecified atom stereocenters. The molecule has 1 heterocycles. The Morgan fingerprint density at radius 2 is 1.71 bits per heavy atom. The summed E-state index contributed by atoms with van der Waals surface area (Å²) in [5.41, 5.74) is 5.96. The number of nitriles is 2. The summed E-state index contributed by atoms with van der Waals surface area (Å²) in [6.07, 6.45) is 0. The van der Waals surface area contributed by atoms with Crippen molar-refractivity contribution in [3.63, 3.8) is 0 Å². The maximum atomic E-state index is 13.6. The number of anilines is 1. The zero-order valence-electron chi connectivity index (χ0n) is 14.3. The second-order valence-electron chi connectivity index (χ2n) is 5.75. The summed E-state index contributed by atoms with van der Waals surface area (Å²) < 4.78 is 32.1. The number of hydrogen-bond donors (Lipinski definition) is 2. The van der Waals surface area contributed by atoms with Crippen LogP contribution in [0.1, 0.15) is 16.7 Å². The van der Waals surface area contributed by atoms with E-state index in [2.05, 4.69) is 4.98 Å². The molecule has 0 aliphatic rings. The summed E-state index contributed by atoms with van der Waals surface area (Å²) >= 11 is 0. The molecule has 0 atom stereocenters. The Kier molecular flexibility index (Phi) is 5.05. The first kappa shape index (κ1) is 18.6. The van der Waals surface area contributed by atoms with Crippen LogP contribution in [0.5, 0.6) is 5.75 Å². The monoisotopic (exact) mass is 378 g/mol. The number of benzene rings is 2. The third-order valence-corrected chi connectivity index (χ3v) is 4.02. The summed E-state index contributed by atoms with van der Waals surface area (Å²) in [5.74, 6) is -2.43. The molecule has 0 amide bonds. The van der Waals surface area contributed by atoms with Crippen LogP contribution in [0.25, 0.3) is 11.1 Å². The van der Waals surface area contributed by atoms with E-state index in [1.807, 2.05) is 6.07 Å². The number of rotatable bonds is 4. The number of nitrogens with zero attached hydrogens (tertiary/aromatic N) is 2. The highest BCUT2D eigenvalue weighted by Crippen LogP contribution is 2.28. The van der Waals surface area contributed by atoms with Crippen molar-refractivity contribution in [3.8, 4) is 29.0 Å². The zero-order chi connectivity index (χ0) is 20.3. The normalized spacial score (nSPS) is 10.1. The van der Waals surface area contributed by atoms with Crippen LogP contribution < -0.4 is 16.0 Å². The molecule has 3 N–H and O–H groups in total. The summed E-state index contributed by atoms with van der Waals surface area (Å²) in [4.78, 5) is 14.2. The number of aromatic amines is 1. The number of aromatic nitrogens is 1. The standard InChI is InChI=1S/C20H12F2N4O2/c21-15-2-1-3-16(18(15)22)28-10-11-4-6-12(7-5-11)17-13(8-23)19(25)26-20(27)14(17)9-24/h1-7H,10H2,(H3,25,26,27). The third-order valence-electron chi connectivity index (χ3n) is 4.02. The van der Waals surface area contributed by atoms with Crippen LogP contribution in [0.3, 0.4) is 0 Å². The van der Waals surface area contributed by atoms with Gasteiger partial charge in [0.1, 0.15) is 35.7 Å². The molecule has 0 radical (unpaired) electrons. The van der Waals surface area contributed by atoms with Gasteiger partial charge in [-0.15, -0.1) is 0 Å². The smallest absolute Gasteiger partial charge is 0.268 e. The number of H-pyrrole nitrogens is 1. The van der Waals surface area contributed by atoms with Crippen molar-refractivity contribution in [1.29, 1.82) is 10.5 Å². The van der Waals surface area contributed by atoms with E-state index in [1.165, 1.54) is 12.1 Å². The molecule has 0 saturated heterocycles. The van der Waals surface area contributed by atoms with Crippen LogP contribution in [-0.4, -0.2) is 4.98 Å². The van der Waals surface area contributed by atoms with Crippen LogP contribution in [0, 0.1) is 34.3 Å². The lowest BCUT2D eigenvalue weighted by molar-refractivity contribution is 0.284. The molecule has 8 heteroatoms. The molecule has 138 valence electrons. The highest BCUT2D eigenvalue weighted by molar-refractivity contribution is 5.80. The van der Waals surface area contributed by atoms with Crippen LogP contribution in [0.2, 0.25) is 0 Å². The minimum atomic E-state index is -1.07. The molecule has 1 aromatic heterocycles. The van der Waals surface area contributed by atoms with E-state index in [0.717, 1.165) is 6.07 Å². The summed E-state index contributed by atoms with van der Waals surface area (Å²) in [7, 11) is 0. The first-order valence-electron chi connectivity index (χ1n) is 7.98. The van der Waals surface area contributed by atoms with Crippen LogP contribution in [-0.2, 0) is 6.61 Å². The highest BCUT2D eigenvalue weighted by Gasteiger charge is 2.18. The van der Waals surface area contributed by atoms with Gasteiger partial charge < -0.3 is 15.5 Å². The largest absolute Gasteiger partial charge is 0.486 e. The number of ether oxygens (including phenoxy) is 1. The molecule has 0 fully saturated rings. The molecular weight excluding hydrogens is 366 g/mol.